The van der Waals surface area contributed by atoms with Crippen LogP contribution in [-0.4, -0.2) is 33.8 Å². The van der Waals surface area contributed by atoms with E-state index in [-0.39, 0.29) is 0 Å². The van der Waals surface area contributed by atoms with Gasteiger partial charge in [0.15, 0.2) is 11.3 Å². The third-order valence-electron chi connectivity index (χ3n) is 6.63. The summed E-state index contributed by atoms with van der Waals surface area (Å²) in [6.45, 7) is 4.74. The van der Waals surface area contributed by atoms with Gasteiger partial charge in [0, 0.05) is 24.6 Å². The average molecular weight is 527 g/mol. The highest BCUT2D eigenvalue weighted by molar-refractivity contribution is 7.81. The monoisotopic (exact) mass is 526 g/mol. The molecule has 3 aromatic carbocycles. The fourth-order valence-electron chi connectivity index (χ4n) is 4.67. The summed E-state index contributed by atoms with van der Waals surface area (Å²) in [5.74, 6) is 1.31. The van der Waals surface area contributed by atoms with Crippen LogP contribution in [0.3, 0.4) is 0 Å². The van der Waals surface area contributed by atoms with Crippen molar-refractivity contribution in [2.75, 3.05) is 4.31 Å². The molecule has 2 heterocycles. The Hall–Kier alpha value is -4.08. The van der Waals surface area contributed by atoms with Crippen LogP contribution < -0.4 is 4.31 Å². The third kappa shape index (κ3) is 4.78. The zero-order chi connectivity index (χ0) is 26.8. The molecule has 2 aromatic heterocycles. The second kappa shape index (κ2) is 10.7. The molecule has 0 N–H and O–H groups in total. The minimum Gasteiger partial charge on any atom is -0.755 e. The summed E-state index contributed by atoms with van der Waals surface area (Å²) in [6.07, 6.45) is 1.84. The molecular weight excluding hydrogens is 498 g/mol. The number of anilines is 1. The standard InChI is InChI=1S/C29H29N5O3S/c1-4-10-26-31-27-28(32(3)20(2)30-27)33(26)19-21-15-17-22(18-16-21)24-13-8-9-14-25(24)34(38(36)37)29(35)23-11-6-5-7-12-23/h5-9,11-18H,4,10,19H2,1-3H3,(H,36,37)/p-1. The molecule has 38 heavy (non-hydrogen) atoms. The second-order valence-electron chi connectivity index (χ2n) is 9.13. The first kappa shape index (κ1) is 25.6. The lowest BCUT2D eigenvalue weighted by Gasteiger charge is -2.26. The van der Waals surface area contributed by atoms with Gasteiger partial charge in [-0.2, -0.15) is 0 Å². The summed E-state index contributed by atoms with van der Waals surface area (Å²) in [4.78, 5) is 22.5. The van der Waals surface area contributed by atoms with E-state index in [0.717, 1.165) is 51.2 Å². The Morgan fingerprint density at radius 1 is 0.974 bits per heavy atom. The molecule has 0 saturated carbocycles. The van der Waals surface area contributed by atoms with Gasteiger partial charge in [-0.25, -0.2) is 14.3 Å². The van der Waals surface area contributed by atoms with E-state index in [1.165, 1.54) is 0 Å². The number of carbonyl (C=O) groups is 1. The van der Waals surface area contributed by atoms with Crippen LogP contribution in [0.25, 0.3) is 22.4 Å². The van der Waals surface area contributed by atoms with E-state index >= 15 is 0 Å². The summed E-state index contributed by atoms with van der Waals surface area (Å²) >= 11 is -2.80. The summed E-state index contributed by atoms with van der Waals surface area (Å²) in [6, 6.07) is 23.4. The van der Waals surface area contributed by atoms with E-state index < -0.39 is 17.2 Å². The SMILES string of the molecule is CCCc1nc2nc(C)n(C)c2n1Cc1ccc(-c2ccccc2N(C(=O)c2ccccc2)S(=O)[O-])cc1. The quantitative estimate of drug-likeness (QED) is 0.259. The number of para-hydroxylation sites is 1. The molecule has 5 rings (SSSR count). The van der Waals surface area contributed by atoms with Gasteiger partial charge >= 0.3 is 0 Å². The molecule has 194 valence electrons. The van der Waals surface area contributed by atoms with Crippen molar-refractivity contribution in [2.45, 2.75) is 33.2 Å². The molecule has 0 radical (unpaired) electrons. The number of hydrogen-bond acceptors (Lipinski definition) is 5. The first-order valence-electron chi connectivity index (χ1n) is 12.4. The van der Waals surface area contributed by atoms with Crippen LogP contribution in [0, 0.1) is 6.92 Å². The maximum absolute atomic E-state index is 13.1. The number of carbonyl (C=O) groups excluding carboxylic acids is 1. The number of aromatic nitrogens is 4. The van der Waals surface area contributed by atoms with Crippen LogP contribution in [0.1, 0.15) is 40.9 Å². The number of nitrogens with zero attached hydrogens (tertiary/aromatic N) is 5. The predicted octanol–water partition coefficient (Wildman–Crippen LogP) is 5.19. The van der Waals surface area contributed by atoms with E-state index in [0.29, 0.717) is 23.4 Å². The highest BCUT2D eigenvalue weighted by Crippen LogP contribution is 2.33. The van der Waals surface area contributed by atoms with Gasteiger partial charge in [0.25, 0.3) is 5.91 Å². The molecule has 0 aliphatic rings. The fraction of sp³-hybridized carbons (Fsp3) is 0.207. The maximum Gasteiger partial charge on any atom is 0.269 e. The molecule has 0 spiro atoms. The molecule has 9 heteroatoms. The zero-order valence-electron chi connectivity index (χ0n) is 21.5. The largest absolute Gasteiger partial charge is 0.755 e. The summed E-state index contributed by atoms with van der Waals surface area (Å²) in [5.41, 5.74) is 4.87. The van der Waals surface area contributed by atoms with Crippen molar-refractivity contribution in [3.8, 4) is 11.1 Å². The molecule has 0 fully saturated rings. The molecule has 0 aliphatic carbocycles. The lowest BCUT2D eigenvalue weighted by atomic mass is 10.0. The number of rotatable bonds is 8. The van der Waals surface area contributed by atoms with Crippen LogP contribution in [-0.2, 0) is 31.3 Å². The lowest BCUT2D eigenvalue weighted by molar-refractivity contribution is 0.100. The zero-order valence-corrected chi connectivity index (χ0v) is 22.3. The molecule has 1 unspecified atom stereocenters. The first-order chi connectivity index (χ1) is 18.4. The number of fused-ring (bicyclic) bond motifs is 1. The van der Waals surface area contributed by atoms with Gasteiger partial charge in [-0.1, -0.05) is 67.6 Å². The predicted molar refractivity (Wildman–Crippen MR) is 148 cm³/mol. The fourth-order valence-corrected chi connectivity index (χ4v) is 5.23. The molecule has 1 atom stereocenters. The van der Waals surface area contributed by atoms with Gasteiger partial charge in [-0.15, -0.1) is 0 Å². The number of amides is 1. The van der Waals surface area contributed by atoms with Crippen LogP contribution in [0.15, 0.2) is 78.9 Å². The normalized spacial score (nSPS) is 12.1. The van der Waals surface area contributed by atoms with Crippen molar-refractivity contribution < 1.29 is 13.6 Å². The van der Waals surface area contributed by atoms with E-state index in [1.54, 1.807) is 42.5 Å². The Morgan fingerprint density at radius 2 is 1.66 bits per heavy atom. The van der Waals surface area contributed by atoms with Gasteiger partial charge < -0.3 is 13.7 Å². The summed E-state index contributed by atoms with van der Waals surface area (Å²) in [5, 5.41) is 0. The smallest absolute Gasteiger partial charge is 0.269 e. The third-order valence-corrected chi connectivity index (χ3v) is 7.29. The molecular formula is C29H28N5O3S-. The van der Waals surface area contributed by atoms with Gasteiger partial charge in [-0.3, -0.25) is 9.00 Å². The van der Waals surface area contributed by atoms with E-state index in [2.05, 4.69) is 21.0 Å². The Kier molecular flexibility index (Phi) is 7.22. The van der Waals surface area contributed by atoms with Crippen LogP contribution in [0.4, 0.5) is 5.69 Å². The van der Waals surface area contributed by atoms with Crippen LogP contribution in [0.5, 0.6) is 0 Å². The highest BCUT2D eigenvalue weighted by Gasteiger charge is 2.22. The van der Waals surface area contributed by atoms with Crippen molar-refractivity contribution in [1.29, 1.82) is 0 Å². The van der Waals surface area contributed by atoms with Gasteiger partial charge in [0.2, 0.25) is 0 Å². The van der Waals surface area contributed by atoms with Gasteiger partial charge in [0.1, 0.15) is 11.6 Å². The topological polar surface area (TPSA) is 96.1 Å². The summed E-state index contributed by atoms with van der Waals surface area (Å²) < 4.78 is 29.6. The molecule has 8 nitrogen and oxygen atoms in total. The van der Waals surface area contributed by atoms with E-state index in [1.807, 2.05) is 50.4 Å². The van der Waals surface area contributed by atoms with Crippen molar-refractivity contribution in [1.82, 2.24) is 19.1 Å². The number of imidazole rings is 2. The Balaban J connectivity index is 1.49. The van der Waals surface area contributed by atoms with E-state index in [9.17, 15) is 13.6 Å². The van der Waals surface area contributed by atoms with Crippen LogP contribution >= 0.6 is 0 Å². The van der Waals surface area contributed by atoms with Gasteiger partial charge in [-0.05, 0) is 42.7 Å². The molecule has 1 amide bonds. The van der Waals surface area contributed by atoms with Gasteiger partial charge in [0.05, 0.1) is 23.5 Å². The molecule has 0 bridgehead atoms. The van der Waals surface area contributed by atoms with Crippen molar-refractivity contribution in [3.05, 3.63) is 102 Å². The minimum atomic E-state index is -2.80. The first-order valence-corrected chi connectivity index (χ1v) is 13.5. The number of hydrogen-bond donors (Lipinski definition) is 0. The number of benzene rings is 3. The highest BCUT2D eigenvalue weighted by atomic mass is 32.2. The number of aryl methyl sites for hydroxylation is 3. The van der Waals surface area contributed by atoms with E-state index in [4.69, 9.17) is 4.98 Å². The molecule has 0 aliphatic heterocycles. The summed E-state index contributed by atoms with van der Waals surface area (Å²) in [7, 11) is 2.00. The van der Waals surface area contributed by atoms with Crippen LogP contribution in [0.2, 0.25) is 0 Å². The Labute approximate surface area is 224 Å². The lowest BCUT2D eigenvalue weighted by Crippen LogP contribution is -2.33. The Bertz CT molecular complexity index is 1620. The Morgan fingerprint density at radius 3 is 2.34 bits per heavy atom. The maximum atomic E-state index is 13.1. The molecule has 5 aromatic rings. The van der Waals surface area contributed by atoms with Crippen molar-refractivity contribution >= 4 is 34.2 Å². The van der Waals surface area contributed by atoms with Crippen molar-refractivity contribution in [3.63, 3.8) is 0 Å². The van der Waals surface area contributed by atoms with Crippen molar-refractivity contribution in [2.24, 2.45) is 7.05 Å². The second-order valence-corrected chi connectivity index (χ2v) is 9.93. The minimum absolute atomic E-state index is 0.293. The average Bonchev–Trinajstić information content (AvgIpc) is 3.39. The molecule has 0 saturated heterocycles.